The molecular formula is C13H20N4O3. The lowest BCUT2D eigenvalue weighted by molar-refractivity contribution is -0.385. The van der Waals surface area contributed by atoms with Crippen LogP contribution in [0.2, 0.25) is 0 Å². The average Bonchev–Trinajstić information content (AvgIpc) is 2.45. The SMILES string of the molecule is CCC(C)C(C)NC(=O)c1cc(NN)ccc1[N+](=O)[O-]. The molecule has 0 saturated carbocycles. The molecular weight excluding hydrogens is 260 g/mol. The Bertz CT molecular complexity index is 504. The first-order chi connectivity index (χ1) is 9.40. The summed E-state index contributed by atoms with van der Waals surface area (Å²) in [5, 5.41) is 13.8. The van der Waals surface area contributed by atoms with Gasteiger partial charge in [-0.3, -0.25) is 20.8 Å². The molecule has 1 aromatic rings. The van der Waals surface area contributed by atoms with E-state index >= 15 is 0 Å². The number of carbonyl (C=O) groups is 1. The van der Waals surface area contributed by atoms with Crippen LogP contribution in [0, 0.1) is 16.0 Å². The van der Waals surface area contributed by atoms with E-state index in [1.807, 2.05) is 20.8 Å². The predicted molar refractivity (Wildman–Crippen MR) is 77.3 cm³/mol. The van der Waals surface area contributed by atoms with Crippen molar-refractivity contribution < 1.29 is 9.72 Å². The van der Waals surface area contributed by atoms with Crippen LogP contribution in [0.3, 0.4) is 0 Å². The van der Waals surface area contributed by atoms with Crippen molar-refractivity contribution in [3.8, 4) is 0 Å². The number of rotatable bonds is 6. The third kappa shape index (κ3) is 3.67. The number of carbonyl (C=O) groups excluding carboxylic acids is 1. The normalized spacial score (nSPS) is 13.4. The zero-order valence-corrected chi connectivity index (χ0v) is 11.8. The quantitative estimate of drug-likeness (QED) is 0.419. The molecule has 0 saturated heterocycles. The second kappa shape index (κ2) is 6.85. The van der Waals surface area contributed by atoms with E-state index in [2.05, 4.69) is 10.7 Å². The number of nitrogens with zero attached hydrogens (tertiary/aromatic N) is 1. The molecule has 0 aromatic heterocycles. The Labute approximate surface area is 117 Å². The van der Waals surface area contributed by atoms with Gasteiger partial charge in [-0.1, -0.05) is 20.3 Å². The van der Waals surface area contributed by atoms with Crippen molar-refractivity contribution in [3.63, 3.8) is 0 Å². The molecule has 0 aliphatic rings. The Hall–Kier alpha value is -2.15. The summed E-state index contributed by atoms with van der Waals surface area (Å²) in [5.74, 6) is 5.08. The number of hydrogen-bond acceptors (Lipinski definition) is 5. The van der Waals surface area contributed by atoms with Gasteiger partial charge in [-0.15, -0.1) is 0 Å². The minimum Gasteiger partial charge on any atom is -0.349 e. The van der Waals surface area contributed by atoms with E-state index < -0.39 is 10.8 Å². The fraction of sp³-hybridized carbons (Fsp3) is 0.462. The highest BCUT2D eigenvalue weighted by molar-refractivity contribution is 5.99. The number of nitro groups is 1. The number of amides is 1. The van der Waals surface area contributed by atoms with Crippen LogP contribution in [0.5, 0.6) is 0 Å². The van der Waals surface area contributed by atoms with Crippen molar-refractivity contribution in [1.82, 2.24) is 5.32 Å². The molecule has 0 aliphatic carbocycles. The van der Waals surface area contributed by atoms with E-state index in [1.165, 1.54) is 18.2 Å². The number of nitrogen functional groups attached to an aromatic ring is 1. The minimum absolute atomic E-state index is 0.000558. The maximum Gasteiger partial charge on any atom is 0.282 e. The Morgan fingerprint density at radius 1 is 1.45 bits per heavy atom. The molecule has 1 amide bonds. The highest BCUT2D eigenvalue weighted by Gasteiger charge is 2.23. The van der Waals surface area contributed by atoms with E-state index in [9.17, 15) is 14.9 Å². The Morgan fingerprint density at radius 2 is 2.10 bits per heavy atom. The van der Waals surface area contributed by atoms with Gasteiger partial charge in [-0.05, 0) is 25.0 Å². The van der Waals surface area contributed by atoms with Gasteiger partial charge < -0.3 is 10.7 Å². The summed E-state index contributed by atoms with van der Waals surface area (Å²) in [4.78, 5) is 22.6. The summed E-state index contributed by atoms with van der Waals surface area (Å²) in [7, 11) is 0. The molecule has 0 radical (unpaired) electrons. The van der Waals surface area contributed by atoms with Gasteiger partial charge in [0.1, 0.15) is 5.56 Å². The van der Waals surface area contributed by atoms with Crippen molar-refractivity contribution in [2.24, 2.45) is 11.8 Å². The van der Waals surface area contributed by atoms with Crippen molar-refractivity contribution in [2.45, 2.75) is 33.2 Å². The number of hydrazine groups is 1. The monoisotopic (exact) mass is 280 g/mol. The second-order valence-corrected chi connectivity index (χ2v) is 4.78. The summed E-state index contributed by atoms with van der Waals surface area (Å²) in [6.07, 6.45) is 0.911. The number of anilines is 1. The first-order valence-corrected chi connectivity index (χ1v) is 6.46. The first kappa shape index (κ1) is 15.9. The number of nitrogens with one attached hydrogen (secondary N) is 2. The molecule has 1 rings (SSSR count). The predicted octanol–water partition coefficient (Wildman–Crippen LogP) is 2.04. The Kier molecular flexibility index (Phi) is 5.45. The topological polar surface area (TPSA) is 110 Å². The van der Waals surface area contributed by atoms with Gasteiger partial charge in [0.15, 0.2) is 0 Å². The molecule has 7 nitrogen and oxygen atoms in total. The van der Waals surface area contributed by atoms with Crippen molar-refractivity contribution in [1.29, 1.82) is 0 Å². The molecule has 2 atom stereocenters. The maximum absolute atomic E-state index is 12.2. The third-order valence-electron chi connectivity index (χ3n) is 3.46. The van der Waals surface area contributed by atoms with Crippen LogP contribution in [-0.2, 0) is 0 Å². The molecule has 0 heterocycles. The number of hydrogen-bond donors (Lipinski definition) is 3. The van der Waals surface area contributed by atoms with E-state index in [4.69, 9.17) is 5.84 Å². The van der Waals surface area contributed by atoms with Crippen LogP contribution in [0.15, 0.2) is 18.2 Å². The molecule has 110 valence electrons. The molecule has 20 heavy (non-hydrogen) atoms. The van der Waals surface area contributed by atoms with Crippen LogP contribution >= 0.6 is 0 Å². The summed E-state index contributed by atoms with van der Waals surface area (Å²) >= 11 is 0. The van der Waals surface area contributed by atoms with Crippen LogP contribution in [-0.4, -0.2) is 16.9 Å². The fourth-order valence-electron chi connectivity index (χ4n) is 1.75. The van der Waals surface area contributed by atoms with E-state index in [0.29, 0.717) is 5.69 Å². The molecule has 2 unspecified atom stereocenters. The lowest BCUT2D eigenvalue weighted by atomic mass is 10.0. The summed E-state index contributed by atoms with van der Waals surface area (Å²) in [6, 6.07) is 4.02. The Balaban J connectivity index is 3.04. The molecule has 0 spiro atoms. The first-order valence-electron chi connectivity index (χ1n) is 6.46. The van der Waals surface area contributed by atoms with Crippen molar-refractivity contribution >= 4 is 17.3 Å². The summed E-state index contributed by atoms with van der Waals surface area (Å²) in [5.41, 5.74) is 2.58. The fourth-order valence-corrected chi connectivity index (χ4v) is 1.75. The summed E-state index contributed by atoms with van der Waals surface area (Å²) < 4.78 is 0. The van der Waals surface area contributed by atoms with Gasteiger partial charge in [0.05, 0.1) is 4.92 Å². The van der Waals surface area contributed by atoms with Crippen molar-refractivity contribution in [3.05, 3.63) is 33.9 Å². The van der Waals surface area contributed by atoms with Gasteiger partial charge in [-0.25, -0.2) is 0 Å². The van der Waals surface area contributed by atoms with Crippen LogP contribution in [0.25, 0.3) is 0 Å². The number of nitro benzene ring substituents is 1. The Morgan fingerprint density at radius 3 is 2.60 bits per heavy atom. The lowest BCUT2D eigenvalue weighted by Gasteiger charge is -2.20. The van der Waals surface area contributed by atoms with Gasteiger partial charge in [-0.2, -0.15) is 0 Å². The molecule has 0 aliphatic heterocycles. The molecule has 0 fully saturated rings. The van der Waals surface area contributed by atoms with E-state index in [0.717, 1.165) is 6.42 Å². The zero-order valence-electron chi connectivity index (χ0n) is 11.8. The molecule has 7 heteroatoms. The molecule has 1 aromatic carbocycles. The van der Waals surface area contributed by atoms with Crippen LogP contribution in [0.1, 0.15) is 37.6 Å². The van der Waals surface area contributed by atoms with Crippen LogP contribution < -0.4 is 16.6 Å². The van der Waals surface area contributed by atoms with Gasteiger partial charge in [0, 0.05) is 17.8 Å². The number of nitrogens with two attached hydrogens (primary N) is 1. The van der Waals surface area contributed by atoms with Gasteiger partial charge in [0.2, 0.25) is 0 Å². The molecule has 0 bridgehead atoms. The third-order valence-corrected chi connectivity index (χ3v) is 3.46. The zero-order chi connectivity index (χ0) is 15.3. The average molecular weight is 280 g/mol. The lowest BCUT2D eigenvalue weighted by Crippen LogP contribution is -2.37. The maximum atomic E-state index is 12.2. The number of benzene rings is 1. The minimum atomic E-state index is -0.580. The van der Waals surface area contributed by atoms with E-state index in [1.54, 1.807) is 0 Å². The van der Waals surface area contributed by atoms with Gasteiger partial charge in [0.25, 0.3) is 11.6 Å². The largest absolute Gasteiger partial charge is 0.349 e. The smallest absolute Gasteiger partial charge is 0.282 e. The van der Waals surface area contributed by atoms with Crippen molar-refractivity contribution in [2.75, 3.05) is 5.43 Å². The van der Waals surface area contributed by atoms with E-state index in [-0.39, 0.29) is 23.2 Å². The highest BCUT2D eigenvalue weighted by Crippen LogP contribution is 2.22. The molecule has 4 N–H and O–H groups in total. The van der Waals surface area contributed by atoms with Gasteiger partial charge >= 0.3 is 0 Å². The van der Waals surface area contributed by atoms with Crippen LogP contribution in [0.4, 0.5) is 11.4 Å². The second-order valence-electron chi connectivity index (χ2n) is 4.78. The summed E-state index contributed by atoms with van der Waals surface area (Å²) in [6.45, 7) is 5.91. The highest BCUT2D eigenvalue weighted by atomic mass is 16.6. The standard InChI is InChI=1S/C13H20N4O3/c1-4-8(2)9(3)15-13(18)11-7-10(16-14)5-6-12(11)17(19)20/h5-9,16H,4,14H2,1-3H3,(H,15,18).